The number of nitrogens with zero attached hydrogens (tertiary/aromatic N) is 1. The van der Waals surface area contributed by atoms with Crippen molar-refractivity contribution in [1.82, 2.24) is 0 Å². The van der Waals surface area contributed by atoms with Gasteiger partial charge in [-0.15, -0.1) is 0 Å². The Kier molecular flexibility index (Phi) is 19.6. The lowest BCUT2D eigenvalue weighted by atomic mass is 9.93. The van der Waals surface area contributed by atoms with Gasteiger partial charge >= 0.3 is 0 Å². The number of nitrogens with two attached hydrogens (primary N) is 1. The summed E-state index contributed by atoms with van der Waals surface area (Å²) in [6.07, 6.45) is 3.75. The molecule has 0 aliphatic heterocycles. The van der Waals surface area contributed by atoms with Gasteiger partial charge in [0.1, 0.15) is 0 Å². The molecule has 0 saturated carbocycles. The molecular weight excluding hydrogens is 408 g/mol. The zero-order chi connectivity index (χ0) is 22.8. The van der Waals surface area contributed by atoms with Crippen LogP contribution in [0, 0.1) is 11.8 Å². The third kappa shape index (κ3) is 26.1. The number of rotatable bonds is 9. The van der Waals surface area contributed by atoms with Crippen molar-refractivity contribution < 1.29 is 4.79 Å². The van der Waals surface area contributed by atoms with Crippen LogP contribution in [0.5, 0.6) is 0 Å². The molecule has 30 heavy (non-hydrogen) atoms. The lowest BCUT2D eigenvalue weighted by molar-refractivity contribution is 0.405. The molecule has 2 atom stereocenters. The molecule has 0 saturated heterocycles. The van der Waals surface area contributed by atoms with E-state index >= 15 is 0 Å². The third-order valence-corrected chi connectivity index (χ3v) is 6.99. The third-order valence-electron chi connectivity index (χ3n) is 3.69. The van der Waals surface area contributed by atoms with E-state index in [1.54, 1.807) is 6.08 Å². The number of carbonyl (C=O) groups excluding carboxylic acids is 1. The van der Waals surface area contributed by atoms with Crippen LogP contribution >= 0.6 is 23.5 Å². The van der Waals surface area contributed by atoms with E-state index < -0.39 is 0 Å². The molecule has 0 bridgehead atoms. The molecule has 0 rings (SSSR count). The Morgan fingerprint density at radius 2 is 1.13 bits per heavy atom. The highest BCUT2D eigenvalue weighted by Crippen LogP contribution is 2.32. The van der Waals surface area contributed by atoms with Crippen LogP contribution in [-0.2, 0) is 4.79 Å². The fourth-order valence-electron chi connectivity index (χ4n) is 2.87. The number of hydrogen-bond acceptors (Lipinski definition) is 5. The minimum atomic E-state index is -0.256. The fourth-order valence-corrected chi connectivity index (χ4v) is 4.68. The largest absolute Gasteiger partial charge is 0.325 e. The minimum absolute atomic E-state index is 0. The molecule has 0 aromatic rings. The second-order valence-electron chi connectivity index (χ2n) is 11.4. The Labute approximate surface area is 199 Å². The molecular formula is C25H56N2OS2. The van der Waals surface area contributed by atoms with Crippen LogP contribution in [0.15, 0.2) is 4.99 Å². The van der Waals surface area contributed by atoms with Crippen molar-refractivity contribution in [3.05, 3.63) is 0 Å². The van der Waals surface area contributed by atoms with Crippen molar-refractivity contribution in [1.29, 1.82) is 0 Å². The molecule has 0 amide bonds. The molecule has 0 unspecified atom stereocenters. The van der Waals surface area contributed by atoms with Gasteiger partial charge in [-0.05, 0) is 38.5 Å². The number of aliphatic imine (C=N–C) groups is 1. The second-order valence-corrected chi connectivity index (χ2v) is 15.0. The summed E-state index contributed by atoms with van der Waals surface area (Å²) in [5, 5.41) is 0. The molecule has 0 heterocycles. The first kappa shape index (κ1) is 37.4. The van der Waals surface area contributed by atoms with E-state index in [1.807, 2.05) is 30.4 Å². The Morgan fingerprint density at radius 1 is 0.767 bits per heavy atom. The summed E-state index contributed by atoms with van der Waals surface area (Å²) in [5.41, 5.74) is 5.94. The maximum atomic E-state index is 10.4. The number of isocyanates is 1. The second kappa shape index (κ2) is 15.8. The van der Waals surface area contributed by atoms with Gasteiger partial charge in [0, 0.05) is 26.5 Å². The summed E-state index contributed by atoms with van der Waals surface area (Å²) < 4.78 is 0.550. The topological polar surface area (TPSA) is 55.5 Å². The van der Waals surface area contributed by atoms with E-state index in [2.05, 4.69) is 81.2 Å². The van der Waals surface area contributed by atoms with Gasteiger partial charge in [0.15, 0.2) is 0 Å². The average molecular weight is 465 g/mol. The van der Waals surface area contributed by atoms with Crippen LogP contribution in [0.4, 0.5) is 0 Å². The first-order chi connectivity index (χ1) is 12.3. The van der Waals surface area contributed by atoms with E-state index in [-0.39, 0.29) is 30.7 Å². The smallest absolute Gasteiger partial charge is 0.235 e. The lowest BCUT2D eigenvalue weighted by Gasteiger charge is -2.29. The maximum absolute atomic E-state index is 10.4. The van der Waals surface area contributed by atoms with Crippen molar-refractivity contribution in [2.45, 2.75) is 131 Å². The first-order valence-corrected chi connectivity index (χ1v) is 12.4. The van der Waals surface area contributed by atoms with Crippen molar-refractivity contribution in [3.8, 4) is 0 Å². The number of thioether (sulfide) groups is 2. The molecule has 0 aromatic carbocycles. The van der Waals surface area contributed by atoms with E-state index in [0.29, 0.717) is 16.6 Å². The molecule has 184 valence electrons. The minimum Gasteiger partial charge on any atom is -0.325 e. The van der Waals surface area contributed by atoms with Gasteiger partial charge in [-0.1, -0.05) is 84.1 Å². The SMILES string of the molecule is C.C.CC(C)C[C@@](C)(CSC(C)(C)C)N=C=O.CC(C)C[C@](C)(N)CSC(C)(C)C. The van der Waals surface area contributed by atoms with Gasteiger partial charge in [0.25, 0.3) is 0 Å². The molecule has 0 fully saturated rings. The zero-order valence-electron chi connectivity index (χ0n) is 20.7. The van der Waals surface area contributed by atoms with Gasteiger partial charge < -0.3 is 5.73 Å². The molecule has 5 heteroatoms. The van der Waals surface area contributed by atoms with E-state index in [9.17, 15) is 4.79 Å². The maximum Gasteiger partial charge on any atom is 0.235 e. The van der Waals surface area contributed by atoms with Crippen LogP contribution in [0.25, 0.3) is 0 Å². The van der Waals surface area contributed by atoms with Crippen molar-refractivity contribution >= 4 is 29.6 Å². The summed E-state index contributed by atoms with van der Waals surface area (Å²) >= 11 is 3.81. The predicted octanol–water partition coefficient (Wildman–Crippen LogP) is 8.21. The van der Waals surface area contributed by atoms with Crippen LogP contribution in [0.1, 0.15) is 111 Å². The average Bonchev–Trinajstić information content (AvgIpc) is 2.41. The Hall–Kier alpha value is 0.0400. The predicted molar refractivity (Wildman–Crippen MR) is 146 cm³/mol. The standard InChI is InChI=1S/C12H23NOS.C11H25NS.2CH4/c1-10(2)7-12(6,13-9-14)8-15-11(3,4)5;1-9(2)7-11(6,12)8-13-10(3,4)5;;/h10H,7-8H2,1-6H3;9H,7-8,12H2,1-6H3;2*1H4/t12-;11-;;/m00../s1. The van der Waals surface area contributed by atoms with Crippen LogP contribution in [-0.4, -0.2) is 38.2 Å². The van der Waals surface area contributed by atoms with Crippen molar-refractivity contribution in [2.24, 2.45) is 22.6 Å². The van der Waals surface area contributed by atoms with Gasteiger partial charge in [0.2, 0.25) is 6.08 Å². The van der Waals surface area contributed by atoms with E-state index in [0.717, 1.165) is 24.3 Å². The summed E-state index contributed by atoms with van der Waals surface area (Å²) in [7, 11) is 0. The monoisotopic (exact) mass is 464 g/mol. The summed E-state index contributed by atoms with van der Waals surface area (Å²) in [6.45, 7) is 26.2. The molecule has 0 aliphatic carbocycles. The fraction of sp³-hybridized carbons (Fsp3) is 0.960. The molecule has 0 aliphatic rings. The van der Waals surface area contributed by atoms with Crippen molar-refractivity contribution in [2.75, 3.05) is 11.5 Å². The van der Waals surface area contributed by atoms with E-state index in [4.69, 9.17) is 5.73 Å². The van der Waals surface area contributed by atoms with E-state index in [1.165, 1.54) is 0 Å². The van der Waals surface area contributed by atoms with Crippen LogP contribution in [0.2, 0.25) is 0 Å². The highest BCUT2D eigenvalue weighted by Gasteiger charge is 2.27. The molecule has 3 nitrogen and oxygen atoms in total. The van der Waals surface area contributed by atoms with Crippen LogP contribution < -0.4 is 5.73 Å². The summed E-state index contributed by atoms with van der Waals surface area (Å²) in [4.78, 5) is 14.4. The number of hydrogen-bond donors (Lipinski definition) is 1. The quantitative estimate of drug-likeness (QED) is 0.276. The normalized spacial score (nSPS) is 15.6. The van der Waals surface area contributed by atoms with Gasteiger partial charge in [-0.2, -0.15) is 28.5 Å². The Balaban J connectivity index is -0.000000213. The zero-order valence-corrected chi connectivity index (χ0v) is 22.4. The molecule has 0 spiro atoms. The highest BCUT2D eigenvalue weighted by molar-refractivity contribution is 8.00. The van der Waals surface area contributed by atoms with Gasteiger partial charge in [-0.25, -0.2) is 4.79 Å². The molecule has 2 N–H and O–H groups in total. The van der Waals surface area contributed by atoms with Crippen molar-refractivity contribution in [3.63, 3.8) is 0 Å². The van der Waals surface area contributed by atoms with Crippen LogP contribution in [0.3, 0.4) is 0 Å². The highest BCUT2D eigenvalue weighted by atomic mass is 32.2. The summed E-state index contributed by atoms with van der Waals surface area (Å²) in [6, 6.07) is 0. The lowest BCUT2D eigenvalue weighted by Crippen LogP contribution is -2.41. The van der Waals surface area contributed by atoms with Gasteiger partial charge in [0.05, 0.1) is 5.54 Å². The first-order valence-electron chi connectivity index (χ1n) is 10.5. The molecule has 0 radical (unpaired) electrons. The Bertz CT molecular complexity index is 471. The Morgan fingerprint density at radius 3 is 1.43 bits per heavy atom. The molecule has 0 aromatic heterocycles. The van der Waals surface area contributed by atoms with Gasteiger partial charge in [-0.3, -0.25) is 0 Å². The summed E-state index contributed by atoms with van der Waals surface area (Å²) in [5.74, 6) is 3.17.